The number of hydrogen-bond acceptors (Lipinski definition) is 4. The summed E-state index contributed by atoms with van der Waals surface area (Å²) in [5.74, 6) is 1.07. The molecule has 1 saturated carbocycles. The third kappa shape index (κ3) is 3.00. The van der Waals surface area contributed by atoms with E-state index in [2.05, 4.69) is 27.2 Å². The van der Waals surface area contributed by atoms with Crippen molar-refractivity contribution in [1.29, 1.82) is 0 Å². The monoisotopic (exact) mass is 405 g/mol. The van der Waals surface area contributed by atoms with E-state index < -0.39 is 5.41 Å². The average Bonchev–Trinajstić information content (AvgIpc) is 3.53. The first-order valence-electron chi connectivity index (χ1n) is 10.6. The van der Waals surface area contributed by atoms with Crippen molar-refractivity contribution in [3.05, 3.63) is 65.5 Å². The molecule has 1 unspecified atom stereocenters. The minimum Gasteiger partial charge on any atom is -0.497 e. The van der Waals surface area contributed by atoms with E-state index in [1.54, 1.807) is 18.1 Å². The van der Waals surface area contributed by atoms with E-state index in [0.29, 0.717) is 13.1 Å². The molecule has 0 saturated heterocycles. The number of imidazole rings is 1. The number of carbonyl (C=O) groups excluding carboxylic acids is 1. The molecule has 5 rings (SSSR count). The highest BCUT2D eigenvalue weighted by atomic mass is 16.5. The number of carbonyl (C=O) groups is 1. The van der Waals surface area contributed by atoms with Crippen LogP contribution in [0.5, 0.6) is 5.75 Å². The molecule has 156 valence electrons. The minimum absolute atomic E-state index is 0.0342. The van der Waals surface area contributed by atoms with Gasteiger partial charge in [-0.1, -0.05) is 25.0 Å². The molecule has 1 aliphatic heterocycles. The normalized spacial score (nSPS) is 20.2. The fraction of sp³-hybridized carbons (Fsp3) is 0.435. The van der Waals surface area contributed by atoms with E-state index in [0.717, 1.165) is 53.9 Å². The highest BCUT2D eigenvalue weighted by Gasteiger charge is 2.46. The number of aromatic nitrogens is 4. The highest BCUT2D eigenvalue weighted by molar-refractivity contribution is 5.89. The maximum Gasteiger partial charge on any atom is 0.233 e. The summed E-state index contributed by atoms with van der Waals surface area (Å²) in [5.41, 5.74) is 3.78. The third-order valence-corrected chi connectivity index (χ3v) is 6.76. The number of H-pyrrole nitrogens is 1. The van der Waals surface area contributed by atoms with Crippen LogP contribution in [-0.4, -0.2) is 44.2 Å². The number of fused-ring (bicyclic) bond motifs is 1. The molecule has 1 aliphatic carbocycles. The van der Waals surface area contributed by atoms with Gasteiger partial charge in [-0.15, -0.1) is 0 Å². The second-order valence-electron chi connectivity index (χ2n) is 8.47. The standard InChI is InChI=1S/C23H27N5O2/c1-27-12-16(11-26-27)19-13-28(14-20-21(19)25-15-24-20)22(29)23(9-3-4-10-23)17-5-7-18(30-2)8-6-17/h5-8,11-12,15,19H,3-4,9-10,13-14H2,1-2H3,(H,24,25). The maximum atomic E-state index is 14.0. The van der Waals surface area contributed by atoms with Gasteiger partial charge in [0.25, 0.3) is 0 Å². The fourth-order valence-corrected chi connectivity index (χ4v) is 5.18. The number of rotatable bonds is 4. The van der Waals surface area contributed by atoms with Gasteiger partial charge in [0.05, 0.1) is 43.0 Å². The average molecular weight is 406 g/mol. The molecule has 0 bridgehead atoms. The lowest BCUT2D eigenvalue weighted by Crippen LogP contribution is -2.48. The first-order valence-corrected chi connectivity index (χ1v) is 10.6. The first kappa shape index (κ1) is 18.9. The van der Waals surface area contributed by atoms with E-state index in [9.17, 15) is 4.79 Å². The van der Waals surface area contributed by atoms with Crippen molar-refractivity contribution in [2.75, 3.05) is 13.7 Å². The summed E-state index contributed by atoms with van der Waals surface area (Å²) >= 11 is 0. The van der Waals surface area contributed by atoms with Crippen molar-refractivity contribution < 1.29 is 9.53 Å². The van der Waals surface area contributed by atoms with Gasteiger partial charge in [0.2, 0.25) is 5.91 Å². The molecule has 7 nitrogen and oxygen atoms in total. The lowest BCUT2D eigenvalue weighted by Gasteiger charge is -2.38. The highest BCUT2D eigenvalue weighted by Crippen LogP contribution is 2.44. The Bertz CT molecular complexity index is 1050. The van der Waals surface area contributed by atoms with E-state index in [1.807, 2.05) is 36.5 Å². The fourth-order valence-electron chi connectivity index (χ4n) is 5.18. The topological polar surface area (TPSA) is 76.0 Å². The zero-order chi connectivity index (χ0) is 20.7. The Morgan fingerprint density at radius 3 is 2.67 bits per heavy atom. The maximum absolute atomic E-state index is 14.0. The van der Waals surface area contributed by atoms with Crippen LogP contribution in [0.15, 0.2) is 43.0 Å². The van der Waals surface area contributed by atoms with Crippen LogP contribution in [0, 0.1) is 0 Å². The molecule has 3 heterocycles. The van der Waals surface area contributed by atoms with E-state index in [4.69, 9.17) is 4.74 Å². The molecule has 1 aromatic carbocycles. The van der Waals surface area contributed by atoms with Crippen molar-refractivity contribution in [2.45, 2.75) is 43.6 Å². The van der Waals surface area contributed by atoms with Crippen molar-refractivity contribution in [2.24, 2.45) is 7.05 Å². The van der Waals surface area contributed by atoms with Gasteiger partial charge in [-0.2, -0.15) is 5.10 Å². The molecule has 1 N–H and O–H groups in total. The van der Waals surface area contributed by atoms with Crippen molar-refractivity contribution >= 4 is 5.91 Å². The van der Waals surface area contributed by atoms with Crippen LogP contribution in [-0.2, 0) is 23.8 Å². The Morgan fingerprint density at radius 2 is 2.00 bits per heavy atom. The van der Waals surface area contributed by atoms with Crippen LogP contribution in [0.3, 0.4) is 0 Å². The molecule has 2 aliphatic rings. The van der Waals surface area contributed by atoms with Crippen LogP contribution in [0.2, 0.25) is 0 Å². The number of ether oxygens (including phenoxy) is 1. The van der Waals surface area contributed by atoms with Crippen LogP contribution in [0.25, 0.3) is 0 Å². The Labute approximate surface area is 176 Å². The number of nitrogens with zero attached hydrogens (tertiary/aromatic N) is 4. The number of methoxy groups -OCH3 is 1. The van der Waals surface area contributed by atoms with Gasteiger partial charge in [0.1, 0.15) is 5.75 Å². The van der Waals surface area contributed by atoms with Gasteiger partial charge in [0, 0.05) is 31.3 Å². The predicted octanol–water partition coefficient (Wildman–Crippen LogP) is 3.14. The lowest BCUT2D eigenvalue weighted by molar-refractivity contribution is -0.138. The Hall–Kier alpha value is -3.09. The summed E-state index contributed by atoms with van der Waals surface area (Å²) in [7, 11) is 3.58. The summed E-state index contributed by atoms with van der Waals surface area (Å²) in [6.45, 7) is 1.20. The molecule has 0 spiro atoms. The molecule has 1 fully saturated rings. The molecule has 2 aromatic heterocycles. The molecule has 3 aromatic rings. The van der Waals surface area contributed by atoms with E-state index in [1.165, 1.54) is 0 Å². The summed E-state index contributed by atoms with van der Waals surface area (Å²) in [4.78, 5) is 23.9. The summed E-state index contributed by atoms with van der Waals surface area (Å²) < 4.78 is 7.13. The van der Waals surface area contributed by atoms with Crippen LogP contribution in [0.4, 0.5) is 0 Å². The van der Waals surface area contributed by atoms with Gasteiger partial charge < -0.3 is 14.6 Å². The second kappa shape index (κ2) is 7.31. The van der Waals surface area contributed by atoms with Gasteiger partial charge in [-0.25, -0.2) is 4.98 Å². The van der Waals surface area contributed by atoms with Gasteiger partial charge >= 0.3 is 0 Å². The van der Waals surface area contributed by atoms with Crippen molar-refractivity contribution in [3.8, 4) is 5.75 Å². The number of amides is 1. The van der Waals surface area contributed by atoms with E-state index >= 15 is 0 Å². The Balaban J connectivity index is 1.49. The van der Waals surface area contributed by atoms with E-state index in [-0.39, 0.29) is 11.8 Å². The molecule has 7 heteroatoms. The van der Waals surface area contributed by atoms with Gasteiger partial charge in [-0.3, -0.25) is 9.48 Å². The molecular formula is C23H27N5O2. The number of aryl methyl sites for hydroxylation is 1. The summed E-state index contributed by atoms with van der Waals surface area (Å²) in [6.07, 6.45) is 9.57. The largest absolute Gasteiger partial charge is 0.497 e. The quantitative estimate of drug-likeness (QED) is 0.724. The summed E-state index contributed by atoms with van der Waals surface area (Å²) in [5, 5.41) is 4.34. The van der Waals surface area contributed by atoms with Crippen LogP contribution in [0.1, 0.15) is 54.1 Å². The number of nitrogens with one attached hydrogen (secondary N) is 1. The summed E-state index contributed by atoms with van der Waals surface area (Å²) in [6, 6.07) is 8.05. The first-order chi connectivity index (χ1) is 14.6. The van der Waals surface area contributed by atoms with Gasteiger partial charge in [0.15, 0.2) is 0 Å². The van der Waals surface area contributed by atoms with Crippen LogP contribution >= 0.6 is 0 Å². The Morgan fingerprint density at radius 1 is 1.23 bits per heavy atom. The van der Waals surface area contributed by atoms with Crippen molar-refractivity contribution in [1.82, 2.24) is 24.6 Å². The zero-order valence-corrected chi connectivity index (χ0v) is 17.5. The number of aromatic amines is 1. The molecule has 1 amide bonds. The zero-order valence-electron chi connectivity index (χ0n) is 17.5. The Kier molecular flexibility index (Phi) is 4.60. The number of hydrogen-bond donors (Lipinski definition) is 1. The number of benzene rings is 1. The molecule has 30 heavy (non-hydrogen) atoms. The third-order valence-electron chi connectivity index (χ3n) is 6.76. The van der Waals surface area contributed by atoms with Crippen molar-refractivity contribution in [3.63, 3.8) is 0 Å². The molecule has 1 atom stereocenters. The predicted molar refractivity (Wildman–Crippen MR) is 112 cm³/mol. The van der Waals surface area contributed by atoms with Crippen LogP contribution < -0.4 is 4.74 Å². The lowest BCUT2D eigenvalue weighted by atomic mass is 9.76. The SMILES string of the molecule is COc1ccc(C2(C(=O)N3Cc4[nH]cnc4C(c4cnn(C)c4)C3)CCCC2)cc1. The smallest absolute Gasteiger partial charge is 0.233 e. The van der Waals surface area contributed by atoms with Gasteiger partial charge in [-0.05, 0) is 30.5 Å². The second-order valence-corrected chi connectivity index (χ2v) is 8.47. The molecular weight excluding hydrogens is 378 g/mol. The molecule has 0 radical (unpaired) electrons. The minimum atomic E-state index is -0.455.